The van der Waals surface area contributed by atoms with E-state index in [0.29, 0.717) is 0 Å². The molecule has 0 radical (unpaired) electrons. The van der Waals surface area contributed by atoms with Gasteiger partial charge in [0.25, 0.3) is 0 Å². The van der Waals surface area contributed by atoms with Crippen molar-refractivity contribution in [3.63, 3.8) is 0 Å². The molecule has 1 unspecified atom stereocenters. The molecule has 0 saturated carbocycles. The Hall–Kier alpha value is -1.55. The van der Waals surface area contributed by atoms with Crippen LogP contribution in [0.25, 0.3) is 0 Å². The van der Waals surface area contributed by atoms with Crippen LogP contribution in [0.15, 0.2) is 24.3 Å². The van der Waals surface area contributed by atoms with Gasteiger partial charge < -0.3 is 15.4 Å². The van der Waals surface area contributed by atoms with Crippen molar-refractivity contribution < 1.29 is 9.53 Å². The summed E-state index contributed by atoms with van der Waals surface area (Å²) in [5, 5.41) is 6.12. The number of unbranched alkanes of at least 4 members (excludes halogenated alkanes) is 1. The zero-order valence-electron chi connectivity index (χ0n) is 11.4. The summed E-state index contributed by atoms with van der Waals surface area (Å²) in [5.74, 6) is 0.855. The molecule has 0 bridgehead atoms. The first kappa shape index (κ1) is 13.9. The fourth-order valence-electron chi connectivity index (χ4n) is 2.14. The average molecular weight is 262 g/mol. The highest BCUT2D eigenvalue weighted by molar-refractivity contribution is 5.95. The SMILES string of the molecule is CCCCOc1cccc(NC(=O)C2CCCN2)c1. The van der Waals surface area contributed by atoms with Crippen molar-refractivity contribution in [2.45, 2.75) is 38.6 Å². The molecule has 2 rings (SSSR count). The molecule has 1 aromatic carbocycles. The standard InChI is InChI=1S/C15H22N2O2/c1-2-3-10-19-13-7-4-6-12(11-13)17-15(18)14-8-5-9-16-14/h4,6-7,11,14,16H,2-3,5,8-10H2,1H3,(H,17,18). The first-order chi connectivity index (χ1) is 9.29. The summed E-state index contributed by atoms with van der Waals surface area (Å²) in [6, 6.07) is 7.53. The number of ether oxygens (including phenoxy) is 1. The first-order valence-electron chi connectivity index (χ1n) is 7.06. The van der Waals surface area contributed by atoms with E-state index >= 15 is 0 Å². The maximum Gasteiger partial charge on any atom is 0.241 e. The van der Waals surface area contributed by atoms with Gasteiger partial charge in [0.05, 0.1) is 12.6 Å². The molecule has 1 aromatic rings. The second-order valence-corrected chi connectivity index (χ2v) is 4.87. The van der Waals surface area contributed by atoms with Gasteiger partial charge in [-0.15, -0.1) is 0 Å². The van der Waals surface area contributed by atoms with Gasteiger partial charge in [0, 0.05) is 11.8 Å². The molecule has 1 fully saturated rings. The summed E-state index contributed by atoms with van der Waals surface area (Å²) in [5.41, 5.74) is 0.799. The van der Waals surface area contributed by atoms with E-state index in [1.807, 2.05) is 24.3 Å². The Bertz CT molecular complexity index is 414. The molecule has 1 aliphatic heterocycles. The van der Waals surface area contributed by atoms with Crippen LogP contribution in [0, 0.1) is 0 Å². The minimum atomic E-state index is -0.0512. The van der Waals surface area contributed by atoms with E-state index in [2.05, 4.69) is 17.6 Å². The number of carbonyl (C=O) groups excluding carboxylic acids is 1. The fraction of sp³-hybridized carbons (Fsp3) is 0.533. The van der Waals surface area contributed by atoms with Crippen LogP contribution in [0.3, 0.4) is 0 Å². The predicted molar refractivity (Wildman–Crippen MR) is 76.5 cm³/mol. The molecule has 1 heterocycles. The molecule has 0 spiro atoms. The molecule has 4 heteroatoms. The van der Waals surface area contributed by atoms with Crippen molar-refractivity contribution in [1.29, 1.82) is 0 Å². The number of carbonyl (C=O) groups is 1. The van der Waals surface area contributed by atoms with Gasteiger partial charge in [-0.1, -0.05) is 19.4 Å². The van der Waals surface area contributed by atoms with Crippen molar-refractivity contribution in [2.75, 3.05) is 18.5 Å². The Morgan fingerprint density at radius 1 is 1.53 bits per heavy atom. The van der Waals surface area contributed by atoms with Crippen LogP contribution in [0.5, 0.6) is 5.75 Å². The number of benzene rings is 1. The van der Waals surface area contributed by atoms with Gasteiger partial charge in [-0.2, -0.15) is 0 Å². The molecule has 19 heavy (non-hydrogen) atoms. The Morgan fingerprint density at radius 2 is 2.42 bits per heavy atom. The molecule has 0 aliphatic carbocycles. The summed E-state index contributed by atoms with van der Waals surface area (Å²) in [7, 11) is 0. The Labute approximate surface area is 114 Å². The van der Waals surface area contributed by atoms with E-state index in [1.54, 1.807) is 0 Å². The first-order valence-corrected chi connectivity index (χ1v) is 7.06. The van der Waals surface area contributed by atoms with Gasteiger partial charge in [-0.25, -0.2) is 0 Å². The predicted octanol–water partition coefficient (Wildman–Crippen LogP) is 2.56. The van der Waals surface area contributed by atoms with Crippen molar-refractivity contribution in [1.82, 2.24) is 5.32 Å². The second-order valence-electron chi connectivity index (χ2n) is 4.87. The Morgan fingerprint density at radius 3 is 3.16 bits per heavy atom. The summed E-state index contributed by atoms with van der Waals surface area (Å²) in [6.45, 7) is 3.78. The van der Waals surface area contributed by atoms with Crippen LogP contribution in [0.4, 0.5) is 5.69 Å². The lowest BCUT2D eigenvalue weighted by molar-refractivity contribution is -0.117. The number of anilines is 1. The number of rotatable bonds is 6. The van der Waals surface area contributed by atoms with Crippen LogP contribution < -0.4 is 15.4 Å². The third-order valence-electron chi connectivity index (χ3n) is 3.24. The maximum atomic E-state index is 12.0. The van der Waals surface area contributed by atoms with E-state index in [9.17, 15) is 4.79 Å². The van der Waals surface area contributed by atoms with Crippen LogP contribution in [-0.4, -0.2) is 25.1 Å². The molecule has 0 aromatic heterocycles. The quantitative estimate of drug-likeness (QED) is 0.775. The molecule has 104 valence electrons. The van der Waals surface area contributed by atoms with Gasteiger partial charge in [-0.3, -0.25) is 4.79 Å². The van der Waals surface area contributed by atoms with Gasteiger partial charge in [0.2, 0.25) is 5.91 Å². The monoisotopic (exact) mass is 262 g/mol. The van der Waals surface area contributed by atoms with E-state index < -0.39 is 0 Å². The lowest BCUT2D eigenvalue weighted by atomic mass is 10.2. The van der Waals surface area contributed by atoms with Crippen LogP contribution in [0.2, 0.25) is 0 Å². The summed E-state index contributed by atoms with van der Waals surface area (Å²) in [6.07, 6.45) is 4.14. The number of nitrogens with one attached hydrogen (secondary N) is 2. The van der Waals surface area contributed by atoms with Gasteiger partial charge in [-0.05, 0) is 37.9 Å². The van der Waals surface area contributed by atoms with E-state index in [4.69, 9.17) is 4.74 Å². The Kier molecular flexibility index (Phi) is 5.21. The van der Waals surface area contributed by atoms with Crippen LogP contribution in [-0.2, 0) is 4.79 Å². The van der Waals surface area contributed by atoms with Gasteiger partial charge in [0.15, 0.2) is 0 Å². The van der Waals surface area contributed by atoms with Crippen LogP contribution in [0.1, 0.15) is 32.6 Å². The molecule has 1 saturated heterocycles. The molecular weight excluding hydrogens is 240 g/mol. The molecule has 2 N–H and O–H groups in total. The summed E-state index contributed by atoms with van der Waals surface area (Å²) < 4.78 is 5.63. The molecule has 4 nitrogen and oxygen atoms in total. The maximum absolute atomic E-state index is 12.0. The number of hydrogen-bond donors (Lipinski definition) is 2. The largest absolute Gasteiger partial charge is 0.494 e. The van der Waals surface area contributed by atoms with E-state index in [0.717, 1.165) is 50.3 Å². The number of amides is 1. The summed E-state index contributed by atoms with van der Waals surface area (Å²) in [4.78, 5) is 12.0. The normalized spacial score (nSPS) is 18.3. The van der Waals surface area contributed by atoms with Crippen molar-refractivity contribution in [3.05, 3.63) is 24.3 Å². The molecule has 1 aliphatic rings. The van der Waals surface area contributed by atoms with E-state index in [-0.39, 0.29) is 11.9 Å². The fourth-order valence-corrected chi connectivity index (χ4v) is 2.14. The third-order valence-corrected chi connectivity index (χ3v) is 3.24. The summed E-state index contributed by atoms with van der Waals surface area (Å²) >= 11 is 0. The highest BCUT2D eigenvalue weighted by Crippen LogP contribution is 2.18. The topological polar surface area (TPSA) is 50.4 Å². The molecule has 1 amide bonds. The highest BCUT2D eigenvalue weighted by Gasteiger charge is 2.21. The van der Waals surface area contributed by atoms with E-state index in [1.165, 1.54) is 0 Å². The average Bonchev–Trinajstić information content (AvgIpc) is 2.93. The molecule has 1 atom stereocenters. The minimum Gasteiger partial charge on any atom is -0.494 e. The van der Waals surface area contributed by atoms with Crippen molar-refractivity contribution in [2.24, 2.45) is 0 Å². The smallest absolute Gasteiger partial charge is 0.241 e. The minimum absolute atomic E-state index is 0.0446. The Balaban J connectivity index is 1.88. The van der Waals surface area contributed by atoms with Crippen molar-refractivity contribution in [3.8, 4) is 5.75 Å². The van der Waals surface area contributed by atoms with Gasteiger partial charge in [0.1, 0.15) is 5.75 Å². The lowest BCUT2D eigenvalue weighted by Gasteiger charge is -2.12. The zero-order chi connectivity index (χ0) is 13.5. The van der Waals surface area contributed by atoms with Crippen molar-refractivity contribution >= 4 is 11.6 Å². The highest BCUT2D eigenvalue weighted by atomic mass is 16.5. The zero-order valence-corrected chi connectivity index (χ0v) is 11.4. The molecular formula is C15H22N2O2. The third kappa shape index (κ3) is 4.24. The second kappa shape index (κ2) is 7.14. The van der Waals surface area contributed by atoms with Crippen LogP contribution >= 0.6 is 0 Å². The number of hydrogen-bond acceptors (Lipinski definition) is 3. The lowest BCUT2D eigenvalue weighted by Crippen LogP contribution is -2.35. The van der Waals surface area contributed by atoms with Gasteiger partial charge >= 0.3 is 0 Å².